The number of unbranched alkanes of at least 4 members (excludes halogenated alkanes) is 3. The van der Waals surface area contributed by atoms with Gasteiger partial charge in [0, 0.05) is 24.2 Å². The van der Waals surface area contributed by atoms with E-state index >= 15 is 0 Å². The number of anilines is 1. The molecule has 2 N–H and O–H groups in total. The molecule has 23 heavy (non-hydrogen) atoms. The molecule has 2 amide bonds. The molecule has 0 fully saturated rings. The second-order valence-electron chi connectivity index (χ2n) is 5.26. The highest BCUT2D eigenvalue weighted by molar-refractivity contribution is 5.96. The summed E-state index contributed by atoms with van der Waals surface area (Å²) >= 11 is 0. The van der Waals surface area contributed by atoms with Gasteiger partial charge in [0.25, 0.3) is 0 Å². The van der Waals surface area contributed by atoms with E-state index in [2.05, 4.69) is 15.4 Å². The van der Waals surface area contributed by atoms with Crippen LogP contribution < -0.4 is 10.6 Å². The van der Waals surface area contributed by atoms with Crippen LogP contribution in [0.5, 0.6) is 0 Å². The van der Waals surface area contributed by atoms with Gasteiger partial charge in [-0.3, -0.25) is 9.59 Å². The van der Waals surface area contributed by atoms with Gasteiger partial charge >= 0.3 is 12.0 Å². The van der Waals surface area contributed by atoms with Gasteiger partial charge in [-0.2, -0.15) is 0 Å². The molecule has 0 saturated carbocycles. The van der Waals surface area contributed by atoms with Crippen molar-refractivity contribution in [3.05, 3.63) is 29.8 Å². The van der Waals surface area contributed by atoms with Crippen LogP contribution in [0.1, 0.15) is 49.4 Å². The Morgan fingerprint density at radius 1 is 1.09 bits per heavy atom. The summed E-state index contributed by atoms with van der Waals surface area (Å²) in [6.45, 7) is 2.05. The molecule has 0 radical (unpaired) electrons. The molecule has 0 saturated heterocycles. The van der Waals surface area contributed by atoms with Crippen molar-refractivity contribution in [2.75, 3.05) is 19.0 Å². The molecule has 6 heteroatoms. The lowest BCUT2D eigenvalue weighted by Crippen LogP contribution is -2.29. The first-order chi connectivity index (χ1) is 11.0. The summed E-state index contributed by atoms with van der Waals surface area (Å²) in [6, 6.07) is 6.53. The lowest BCUT2D eigenvalue weighted by atomic mass is 10.1. The number of hydrogen-bond acceptors (Lipinski definition) is 4. The Bertz CT molecular complexity index is 543. The number of esters is 1. The van der Waals surface area contributed by atoms with Crippen molar-refractivity contribution < 1.29 is 19.1 Å². The number of urea groups is 1. The van der Waals surface area contributed by atoms with Crippen molar-refractivity contribution in [1.29, 1.82) is 0 Å². The van der Waals surface area contributed by atoms with E-state index in [4.69, 9.17) is 0 Å². The Hall–Kier alpha value is -2.37. The number of hydrogen-bond donors (Lipinski definition) is 2. The highest BCUT2D eigenvalue weighted by Crippen LogP contribution is 2.11. The molecule has 0 spiro atoms. The minimum absolute atomic E-state index is 0.0407. The number of carbonyl (C=O) groups excluding carboxylic acids is 3. The van der Waals surface area contributed by atoms with Crippen LogP contribution in [0.3, 0.4) is 0 Å². The normalized spacial score (nSPS) is 10.0. The van der Waals surface area contributed by atoms with Crippen LogP contribution in [0.25, 0.3) is 0 Å². The van der Waals surface area contributed by atoms with Crippen molar-refractivity contribution in [3.8, 4) is 0 Å². The topological polar surface area (TPSA) is 84.5 Å². The Morgan fingerprint density at radius 3 is 2.52 bits per heavy atom. The zero-order chi connectivity index (χ0) is 17.1. The molecular formula is C17H24N2O4. The first-order valence-corrected chi connectivity index (χ1v) is 7.75. The van der Waals surface area contributed by atoms with Gasteiger partial charge < -0.3 is 15.4 Å². The molecule has 0 unspecified atom stereocenters. The predicted molar refractivity (Wildman–Crippen MR) is 88.6 cm³/mol. The number of carbonyl (C=O) groups is 3. The first kappa shape index (κ1) is 18.7. The molecule has 6 nitrogen and oxygen atoms in total. The maximum atomic E-state index is 11.7. The van der Waals surface area contributed by atoms with E-state index in [0.717, 1.165) is 25.7 Å². The molecule has 0 aliphatic carbocycles. The van der Waals surface area contributed by atoms with Gasteiger partial charge in [0.1, 0.15) is 0 Å². The van der Waals surface area contributed by atoms with Gasteiger partial charge in [-0.25, -0.2) is 4.79 Å². The van der Waals surface area contributed by atoms with Gasteiger partial charge in [-0.1, -0.05) is 25.0 Å². The summed E-state index contributed by atoms with van der Waals surface area (Å²) in [6.07, 6.45) is 3.96. The summed E-state index contributed by atoms with van der Waals surface area (Å²) in [7, 11) is 1.39. The van der Waals surface area contributed by atoms with Crippen LogP contribution in [0.4, 0.5) is 10.5 Å². The van der Waals surface area contributed by atoms with Crippen molar-refractivity contribution in [2.24, 2.45) is 0 Å². The fraction of sp³-hybridized carbons (Fsp3) is 0.471. The minimum atomic E-state index is -0.291. The number of nitrogens with one attached hydrogen (secondary N) is 2. The van der Waals surface area contributed by atoms with Crippen LogP contribution in [0, 0.1) is 0 Å². The maximum absolute atomic E-state index is 11.7. The van der Waals surface area contributed by atoms with Crippen LogP contribution in [-0.2, 0) is 9.53 Å². The molecule has 0 aromatic heterocycles. The third-order valence-electron chi connectivity index (χ3n) is 3.35. The highest BCUT2D eigenvalue weighted by atomic mass is 16.5. The highest BCUT2D eigenvalue weighted by Gasteiger charge is 2.04. The van der Waals surface area contributed by atoms with Crippen LogP contribution in [0.15, 0.2) is 24.3 Å². The average molecular weight is 320 g/mol. The fourth-order valence-electron chi connectivity index (χ4n) is 2.04. The summed E-state index contributed by atoms with van der Waals surface area (Å²) in [4.78, 5) is 33.9. The number of rotatable bonds is 9. The zero-order valence-corrected chi connectivity index (χ0v) is 13.7. The average Bonchev–Trinajstić information content (AvgIpc) is 2.53. The lowest BCUT2D eigenvalue weighted by molar-refractivity contribution is -0.140. The van der Waals surface area contributed by atoms with E-state index in [1.54, 1.807) is 24.3 Å². The Kier molecular flexibility index (Phi) is 8.42. The Morgan fingerprint density at radius 2 is 1.83 bits per heavy atom. The quantitative estimate of drug-likeness (QED) is 0.416. The largest absolute Gasteiger partial charge is 0.469 e. The van der Waals surface area contributed by atoms with E-state index in [1.807, 2.05) is 0 Å². The molecule has 0 aliphatic heterocycles. The molecule has 0 heterocycles. The Balaban J connectivity index is 2.16. The monoisotopic (exact) mass is 320 g/mol. The van der Waals surface area contributed by atoms with Crippen molar-refractivity contribution >= 4 is 23.5 Å². The molecule has 0 aliphatic rings. The van der Waals surface area contributed by atoms with Gasteiger partial charge in [0.2, 0.25) is 0 Å². The van der Waals surface area contributed by atoms with Crippen LogP contribution in [0.2, 0.25) is 0 Å². The van der Waals surface area contributed by atoms with Crippen LogP contribution in [-0.4, -0.2) is 31.4 Å². The van der Waals surface area contributed by atoms with E-state index in [0.29, 0.717) is 24.2 Å². The van der Waals surface area contributed by atoms with Crippen molar-refractivity contribution in [1.82, 2.24) is 5.32 Å². The number of Topliss-reactive ketones (excluding diaryl/α,β-unsaturated/α-hetero) is 1. The molecular weight excluding hydrogens is 296 g/mol. The molecule has 1 rings (SSSR count). The number of ketones is 1. The van der Waals surface area contributed by atoms with E-state index in [-0.39, 0.29) is 17.8 Å². The molecule has 1 aromatic carbocycles. The fourth-order valence-corrected chi connectivity index (χ4v) is 2.04. The van der Waals surface area contributed by atoms with E-state index in [9.17, 15) is 14.4 Å². The number of amides is 2. The van der Waals surface area contributed by atoms with Crippen molar-refractivity contribution in [2.45, 2.75) is 39.0 Å². The third-order valence-corrected chi connectivity index (χ3v) is 3.35. The number of methoxy groups -OCH3 is 1. The smallest absolute Gasteiger partial charge is 0.319 e. The second kappa shape index (κ2) is 10.4. The van der Waals surface area contributed by atoms with Crippen molar-refractivity contribution in [3.63, 3.8) is 0 Å². The summed E-state index contributed by atoms with van der Waals surface area (Å²) in [5, 5.41) is 5.46. The van der Waals surface area contributed by atoms with Crippen LogP contribution >= 0.6 is 0 Å². The number of benzene rings is 1. The number of ether oxygens (including phenoxy) is 1. The predicted octanol–water partition coefficient (Wildman–Crippen LogP) is 3.13. The standard InChI is InChI=1S/C17H24N2O4/c1-13(20)14-8-7-9-15(12-14)19-17(22)18-11-6-4-3-5-10-16(21)23-2/h7-9,12H,3-6,10-11H2,1-2H3,(H2,18,19,22). The Labute approximate surface area is 136 Å². The second-order valence-corrected chi connectivity index (χ2v) is 5.26. The first-order valence-electron chi connectivity index (χ1n) is 7.75. The summed E-state index contributed by atoms with van der Waals surface area (Å²) < 4.78 is 4.56. The summed E-state index contributed by atoms with van der Waals surface area (Å²) in [5.41, 5.74) is 1.15. The van der Waals surface area contributed by atoms with Gasteiger partial charge in [-0.15, -0.1) is 0 Å². The SMILES string of the molecule is COC(=O)CCCCCCNC(=O)Nc1cccc(C(C)=O)c1. The van der Waals surface area contributed by atoms with Gasteiger partial charge in [0.15, 0.2) is 5.78 Å². The maximum Gasteiger partial charge on any atom is 0.319 e. The molecule has 1 aromatic rings. The summed E-state index contributed by atoms with van der Waals surface area (Å²) in [5.74, 6) is -0.226. The zero-order valence-electron chi connectivity index (χ0n) is 13.7. The molecule has 0 bridgehead atoms. The molecule has 0 atom stereocenters. The van der Waals surface area contributed by atoms with E-state index in [1.165, 1.54) is 14.0 Å². The molecule has 126 valence electrons. The third kappa shape index (κ3) is 7.99. The minimum Gasteiger partial charge on any atom is -0.469 e. The van der Waals surface area contributed by atoms with Gasteiger partial charge in [0.05, 0.1) is 7.11 Å². The van der Waals surface area contributed by atoms with Gasteiger partial charge in [-0.05, 0) is 31.9 Å². The lowest BCUT2D eigenvalue weighted by Gasteiger charge is -2.08. The van der Waals surface area contributed by atoms with E-state index < -0.39 is 0 Å².